The molecule has 0 aliphatic carbocycles. The van der Waals surface area contributed by atoms with E-state index in [2.05, 4.69) is 12.2 Å². The van der Waals surface area contributed by atoms with E-state index in [-0.39, 0.29) is 18.5 Å². The topological polar surface area (TPSA) is 61.9 Å². The van der Waals surface area contributed by atoms with E-state index in [1.165, 1.54) is 0 Å². The first kappa shape index (κ1) is 17.8. The third-order valence-corrected chi connectivity index (χ3v) is 4.48. The predicted molar refractivity (Wildman–Crippen MR) is 102 cm³/mol. The molecule has 1 heterocycles. The quantitative estimate of drug-likeness (QED) is 0.918. The van der Waals surface area contributed by atoms with Crippen molar-refractivity contribution in [1.29, 1.82) is 0 Å². The number of hydrogen-bond acceptors (Lipinski definition) is 3. The van der Waals surface area contributed by atoms with Crippen LogP contribution in [-0.4, -0.2) is 43.6 Å². The number of piperazine rings is 1. The van der Waals surface area contributed by atoms with Crippen LogP contribution in [0.25, 0.3) is 0 Å². The average Bonchev–Trinajstić information content (AvgIpc) is 2.68. The third kappa shape index (κ3) is 3.96. The highest BCUT2D eigenvalue weighted by molar-refractivity contribution is 5.99. The van der Waals surface area contributed by atoms with Gasteiger partial charge in [-0.25, -0.2) is 4.79 Å². The Labute approximate surface area is 153 Å². The van der Waals surface area contributed by atoms with Crippen LogP contribution >= 0.6 is 0 Å². The summed E-state index contributed by atoms with van der Waals surface area (Å²) in [5.74, 6) is 0.646. The summed E-state index contributed by atoms with van der Waals surface area (Å²) < 4.78 is 5.14. The van der Waals surface area contributed by atoms with Crippen LogP contribution in [0.2, 0.25) is 0 Å². The molecule has 1 N–H and O–H groups in total. The largest absolute Gasteiger partial charge is 0.497 e. The number of carbonyl (C=O) groups excluding carboxylic acids is 2. The number of methoxy groups -OCH3 is 1. The summed E-state index contributed by atoms with van der Waals surface area (Å²) in [6.07, 6.45) is 0.905. The highest BCUT2D eigenvalue weighted by atomic mass is 16.5. The van der Waals surface area contributed by atoms with Gasteiger partial charge in [0.05, 0.1) is 7.11 Å². The lowest BCUT2D eigenvalue weighted by atomic mass is 10.1. The lowest BCUT2D eigenvalue weighted by molar-refractivity contribution is -0.120. The van der Waals surface area contributed by atoms with Crippen LogP contribution in [0.5, 0.6) is 5.75 Å². The Hall–Kier alpha value is -3.02. The standard InChI is InChI=1S/C20H23N3O3/c1-3-15-5-4-6-16(13-15)21-20(25)22-11-12-23(19(24)14-22)17-7-9-18(26-2)10-8-17/h4-10,13H,3,11-12,14H2,1-2H3,(H,21,25). The Balaban J connectivity index is 1.62. The van der Waals surface area contributed by atoms with Gasteiger partial charge in [-0.3, -0.25) is 4.79 Å². The molecule has 0 atom stereocenters. The van der Waals surface area contributed by atoms with Crippen molar-refractivity contribution < 1.29 is 14.3 Å². The van der Waals surface area contributed by atoms with Crippen molar-refractivity contribution in [3.8, 4) is 5.75 Å². The Kier molecular flexibility index (Phi) is 5.41. The lowest BCUT2D eigenvalue weighted by Crippen LogP contribution is -2.53. The number of carbonyl (C=O) groups is 2. The Morgan fingerprint density at radius 3 is 2.58 bits per heavy atom. The van der Waals surface area contributed by atoms with Crippen molar-refractivity contribution in [1.82, 2.24) is 4.90 Å². The highest BCUT2D eigenvalue weighted by Crippen LogP contribution is 2.21. The van der Waals surface area contributed by atoms with E-state index in [9.17, 15) is 9.59 Å². The summed E-state index contributed by atoms with van der Waals surface area (Å²) in [7, 11) is 1.60. The molecule has 0 saturated carbocycles. The number of hydrogen-bond donors (Lipinski definition) is 1. The average molecular weight is 353 g/mol. The minimum atomic E-state index is -0.249. The maximum absolute atomic E-state index is 12.5. The fourth-order valence-corrected chi connectivity index (χ4v) is 2.95. The van der Waals surface area contributed by atoms with Gasteiger partial charge in [-0.15, -0.1) is 0 Å². The second-order valence-corrected chi connectivity index (χ2v) is 6.15. The van der Waals surface area contributed by atoms with Crippen LogP contribution in [0.15, 0.2) is 48.5 Å². The van der Waals surface area contributed by atoms with Crippen molar-refractivity contribution >= 4 is 23.3 Å². The van der Waals surface area contributed by atoms with Crippen molar-refractivity contribution in [2.24, 2.45) is 0 Å². The number of benzene rings is 2. The van der Waals surface area contributed by atoms with Crippen molar-refractivity contribution in [3.63, 3.8) is 0 Å². The van der Waals surface area contributed by atoms with Gasteiger partial charge in [0.15, 0.2) is 0 Å². The number of nitrogens with one attached hydrogen (secondary N) is 1. The molecule has 0 aromatic heterocycles. The molecule has 2 aromatic carbocycles. The maximum Gasteiger partial charge on any atom is 0.322 e. The molecule has 1 aliphatic heterocycles. The molecular weight excluding hydrogens is 330 g/mol. The van der Waals surface area contributed by atoms with E-state index in [1.54, 1.807) is 16.9 Å². The van der Waals surface area contributed by atoms with E-state index in [1.807, 2.05) is 48.5 Å². The normalized spacial score (nSPS) is 14.3. The number of ether oxygens (including phenoxy) is 1. The van der Waals surface area contributed by atoms with Gasteiger partial charge in [0.25, 0.3) is 0 Å². The van der Waals surface area contributed by atoms with Gasteiger partial charge in [-0.1, -0.05) is 19.1 Å². The summed E-state index contributed by atoms with van der Waals surface area (Å²) in [5, 5.41) is 2.88. The molecule has 2 aromatic rings. The fourth-order valence-electron chi connectivity index (χ4n) is 2.95. The van der Waals surface area contributed by atoms with Gasteiger partial charge in [0.1, 0.15) is 12.3 Å². The summed E-state index contributed by atoms with van der Waals surface area (Å²) in [6.45, 7) is 3.08. The first-order valence-corrected chi connectivity index (χ1v) is 8.70. The summed E-state index contributed by atoms with van der Waals surface area (Å²) in [5.41, 5.74) is 2.72. The molecule has 0 spiro atoms. The number of nitrogens with zero attached hydrogens (tertiary/aromatic N) is 2. The van der Waals surface area contributed by atoms with Crippen LogP contribution in [0, 0.1) is 0 Å². The van der Waals surface area contributed by atoms with Crippen molar-refractivity contribution in [3.05, 3.63) is 54.1 Å². The fraction of sp³-hybridized carbons (Fsp3) is 0.300. The Morgan fingerprint density at radius 2 is 1.92 bits per heavy atom. The molecule has 26 heavy (non-hydrogen) atoms. The summed E-state index contributed by atoms with van der Waals surface area (Å²) >= 11 is 0. The molecule has 0 radical (unpaired) electrons. The summed E-state index contributed by atoms with van der Waals surface area (Å²) in [6, 6.07) is 14.8. The van der Waals surface area contributed by atoms with E-state index >= 15 is 0 Å². The van der Waals surface area contributed by atoms with Gasteiger partial charge >= 0.3 is 6.03 Å². The molecule has 0 bridgehead atoms. The smallest absolute Gasteiger partial charge is 0.322 e. The minimum absolute atomic E-state index is 0.0608. The van der Waals surface area contributed by atoms with Crippen LogP contribution in [0.4, 0.5) is 16.2 Å². The SMILES string of the molecule is CCc1cccc(NC(=O)N2CCN(c3ccc(OC)cc3)C(=O)C2)c1. The highest BCUT2D eigenvalue weighted by Gasteiger charge is 2.28. The van der Waals surface area contributed by atoms with E-state index < -0.39 is 0 Å². The zero-order valence-corrected chi connectivity index (χ0v) is 15.1. The second kappa shape index (κ2) is 7.91. The van der Waals surface area contributed by atoms with Crippen molar-refractivity contribution in [2.45, 2.75) is 13.3 Å². The molecule has 1 aliphatic rings. The number of aryl methyl sites for hydroxylation is 1. The molecule has 1 saturated heterocycles. The minimum Gasteiger partial charge on any atom is -0.497 e. The van der Waals surface area contributed by atoms with Gasteiger partial charge in [-0.05, 0) is 48.4 Å². The van der Waals surface area contributed by atoms with Crippen molar-refractivity contribution in [2.75, 3.05) is 37.0 Å². The zero-order valence-electron chi connectivity index (χ0n) is 15.1. The second-order valence-electron chi connectivity index (χ2n) is 6.15. The Bertz CT molecular complexity index is 789. The molecule has 0 unspecified atom stereocenters. The van der Waals surface area contributed by atoms with Crippen LogP contribution < -0.4 is 15.0 Å². The predicted octanol–water partition coefficient (Wildman–Crippen LogP) is 3.14. The molecule has 6 heteroatoms. The van der Waals surface area contributed by atoms with Gasteiger partial charge in [-0.2, -0.15) is 0 Å². The van der Waals surface area contributed by atoms with Crippen LogP contribution in [-0.2, 0) is 11.2 Å². The van der Waals surface area contributed by atoms with Gasteiger partial charge < -0.3 is 19.9 Å². The molecule has 6 nitrogen and oxygen atoms in total. The first-order chi connectivity index (χ1) is 12.6. The van der Waals surface area contributed by atoms with Gasteiger partial charge in [0, 0.05) is 24.5 Å². The first-order valence-electron chi connectivity index (χ1n) is 8.70. The maximum atomic E-state index is 12.5. The molecule has 3 amide bonds. The van der Waals surface area contributed by atoms with Crippen LogP contribution in [0.1, 0.15) is 12.5 Å². The number of amides is 3. The molecule has 3 rings (SSSR count). The number of anilines is 2. The monoisotopic (exact) mass is 353 g/mol. The molecular formula is C20H23N3O3. The van der Waals surface area contributed by atoms with Gasteiger partial charge in [0.2, 0.25) is 5.91 Å². The van der Waals surface area contributed by atoms with Crippen LogP contribution in [0.3, 0.4) is 0 Å². The molecule has 136 valence electrons. The third-order valence-electron chi connectivity index (χ3n) is 4.48. The summed E-state index contributed by atoms with van der Waals surface area (Å²) in [4.78, 5) is 28.2. The van der Waals surface area contributed by atoms with E-state index in [0.717, 1.165) is 29.1 Å². The lowest BCUT2D eigenvalue weighted by Gasteiger charge is -2.34. The molecule has 1 fully saturated rings. The van der Waals surface area contributed by atoms with E-state index in [0.29, 0.717) is 13.1 Å². The number of rotatable bonds is 4. The van der Waals surface area contributed by atoms with E-state index in [4.69, 9.17) is 4.74 Å². The number of urea groups is 1. The Morgan fingerprint density at radius 1 is 1.15 bits per heavy atom. The zero-order chi connectivity index (χ0) is 18.5.